The van der Waals surface area contributed by atoms with E-state index in [4.69, 9.17) is 10.0 Å². The fraction of sp³-hybridized carbons (Fsp3) is 0.182. The highest BCUT2D eigenvalue weighted by atomic mass is 19.4. The van der Waals surface area contributed by atoms with E-state index in [1.54, 1.807) is 12.1 Å². The SMILES string of the molecule is OB(O)c1ccc(Cn2ccc(C(F)(F)F)n2)cc1. The van der Waals surface area contributed by atoms with Gasteiger partial charge in [-0.25, -0.2) is 0 Å². The zero-order chi connectivity index (χ0) is 14.0. The van der Waals surface area contributed by atoms with Gasteiger partial charge in [-0.15, -0.1) is 0 Å². The summed E-state index contributed by atoms with van der Waals surface area (Å²) in [6.07, 6.45) is -3.20. The molecule has 2 rings (SSSR count). The number of nitrogens with zero attached hydrogens (tertiary/aromatic N) is 2. The van der Waals surface area contributed by atoms with Gasteiger partial charge in [-0.2, -0.15) is 18.3 Å². The molecule has 0 aliphatic carbocycles. The van der Waals surface area contributed by atoms with Crippen LogP contribution in [0.4, 0.5) is 13.2 Å². The third-order valence-electron chi connectivity index (χ3n) is 2.55. The Morgan fingerprint density at radius 3 is 2.21 bits per heavy atom. The molecule has 0 fully saturated rings. The van der Waals surface area contributed by atoms with Gasteiger partial charge in [0.2, 0.25) is 0 Å². The fourth-order valence-electron chi connectivity index (χ4n) is 1.58. The molecule has 0 unspecified atom stereocenters. The predicted octanol–water partition coefficient (Wildman–Crippen LogP) is 0.630. The first-order chi connectivity index (χ1) is 8.86. The van der Waals surface area contributed by atoms with Crippen LogP contribution in [0.15, 0.2) is 36.5 Å². The smallest absolute Gasteiger partial charge is 0.423 e. The first-order valence-corrected chi connectivity index (χ1v) is 5.42. The molecule has 8 heteroatoms. The van der Waals surface area contributed by atoms with Gasteiger partial charge in [0.25, 0.3) is 0 Å². The molecule has 0 radical (unpaired) electrons. The van der Waals surface area contributed by atoms with E-state index >= 15 is 0 Å². The van der Waals surface area contributed by atoms with Gasteiger partial charge < -0.3 is 10.0 Å². The first-order valence-electron chi connectivity index (χ1n) is 5.42. The van der Waals surface area contributed by atoms with Crippen molar-refractivity contribution < 1.29 is 23.2 Å². The molecule has 0 atom stereocenters. The highest BCUT2D eigenvalue weighted by molar-refractivity contribution is 6.58. The number of rotatable bonds is 3. The van der Waals surface area contributed by atoms with Crippen LogP contribution in [-0.4, -0.2) is 26.9 Å². The summed E-state index contributed by atoms with van der Waals surface area (Å²) < 4.78 is 38.2. The van der Waals surface area contributed by atoms with Crippen molar-refractivity contribution in [3.8, 4) is 0 Å². The number of alkyl halides is 3. The highest BCUT2D eigenvalue weighted by Crippen LogP contribution is 2.27. The van der Waals surface area contributed by atoms with E-state index in [0.29, 0.717) is 11.0 Å². The Balaban J connectivity index is 2.11. The Hall–Kier alpha value is -1.80. The molecule has 0 saturated carbocycles. The summed E-state index contributed by atoms with van der Waals surface area (Å²) in [7, 11) is -1.56. The fourth-order valence-corrected chi connectivity index (χ4v) is 1.58. The third-order valence-corrected chi connectivity index (χ3v) is 2.55. The minimum absolute atomic E-state index is 0.178. The van der Waals surface area contributed by atoms with Crippen molar-refractivity contribution in [1.82, 2.24) is 9.78 Å². The Kier molecular flexibility index (Phi) is 3.63. The summed E-state index contributed by atoms with van der Waals surface area (Å²) >= 11 is 0. The Bertz CT molecular complexity index is 552. The number of hydrogen-bond donors (Lipinski definition) is 2. The van der Waals surface area contributed by atoms with Crippen LogP contribution in [0.25, 0.3) is 0 Å². The highest BCUT2D eigenvalue weighted by Gasteiger charge is 2.33. The van der Waals surface area contributed by atoms with Crippen LogP contribution >= 0.6 is 0 Å². The molecule has 1 aromatic heterocycles. The van der Waals surface area contributed by atoms with Gasteiger partial charge in [-0.05, 0) is 17.1 Å². The topological polar surface area (TPSA) is 58.3 Å². The minimum Gasteiger partial charge on any atom is -0.423 e. The molecule has 0 saturated heterocycles. The molecule has 4 nitrogen and oxygen atoms in total. The molecule has 2 N–H and O–H groups in total. The van der Waals surface area contributed by atoms with Crippen molar-refractivity contribution in [1.29, 1.82) is 0 Å². The monoisotopic (exact) mass is 270 g/mol. The lowest BCUT2D eigenvalue weighted by Crippen LogP contribution is -2.29. The summed E-state index contributed by atoms with van der Waals surface area (Å²) in [4.78, 5) is 0. The van der Waals surface area contributed by atoms with Gasteiger partial charge in [-0.1, -0.05) is 24.3 Å². The van der Waals surface area contributed by atoms with Crippen molar-refractivity contribution in [2.45, 2.75) is 12.7 Å². The molecule has 1 heterocycles. The summed E-state index contributed by atoms with van der Waals surface area (Å²) in [5.41, 5.74) is 0.0938. The predicted molar refractivity (Wildman–Crippen MR) is 62.6 cm³/mol. The second-order valence-electron chi connectivity index (χ2n) is 4.01. The van der Waals surface area contributed by atoms with E-state index in [9.17, 15) is 13.2 Å². The van der Waals surface area contributed by atoms with Crippen LogP contribution in [-0.2, 0) is 12.7 Å². The molecular weight excluding hydrogens is 260 g/mol. The van der Waals surface area contributed by atoms with Crippen molar-refractivity contribution >= 4 is 12.6 Å². The Labute approximate surface area is 107 Å². The number of aromatic nitrogens is 2. The van der Waals surface area contributed by atoms with E-state index in [1.807, 2.05) is 0 Å². The van der Waals surface area contributed by atoms with E-state index in [0.717, 1.165) is 6.07 Å². The van der Waals surface area contributed by atoms with Gasteiger partial charge in [0.15, 0.2) is 5.69 Å². The average molecular weight is 270 g/mol. The van der Waals surface area contributed by atoms with Crippen LogP contribution in [0.3, 0.4) is 0 Å². The maximum Gasteiger partial charge on any atom is 0.488 e. The summed E-state index contributed by atoms with van der Waals surface area (Å²) in [6, 6.07) is 7.10. The standard InChI is InChI=1S/C11H10BF3N2O2/c13-11(14,15)10-5-6-17(16-10)7-8-1-3-9(4-2-8)12(18)19/h1-6,18-19H,7H2. The van der Waals surface area contributed by atoms with Crippen LogP contribution in [0, 0.1) is 0 Å². The summed E-state index contributed by atoms with van der Waals surface area (Å²) in [5.74, 6) is 0. The first kappa shape index (κ1) is 13.6. The van der Waals surface area contributed by atoms with Crippen molar-refractivity contribution in [3.05, 3.63) is 47.8 Å². The van der Waals surface area contributed by atoms with Crippen LogP contribution in [0.1, 0.15) is 11.3 Å². The van der Waals surface area contributed by atoms with Crippen LogP contribution < -0.4 is 5.46 Å². The van der Waals surface area contributed by atoms with Crippen molar-refractivity contribution in [2.75, 3.05) is 0 Å². The maximum atomic E-state index is 12.4. The van der Waals surface area contributed by atoms with Gasteiger partial charge in [0.1, 0.15) is 0 Å². The van der Waals surface area contributed by atoms with Crippen molar-refractivity contribution in [3.63, 3.8) is 0 Å². The zero-order valence-corrected chi connectivity index (χ0v) is 9.67. The second kappa shape index (κ2) is 5.06. The molecule has 2 aromatic rings. The molecular formula is C11H10BF3N2O2. The number of hydrogen-bond acceptors (Lipinski definition) is 3. The molecule has 0 amide bonds. The van der Waals surface area contributed by atoms with Gasteiger partial charge in [0, 0.05) is 6.20 Å². The van der Waals surface area contributed by atoms with E-state index in [-0.39, 0.29) is 6.54 Å². The summed E-state index contributed by atoms with van der Waals surface area (Å²) in [5, 5.41) is 21.2. The van der Waals surface area contributed by atoms with E-state index in [1.165, 1.54) is 23.0 Å². The van der Waals surface area contributed by atoms with Gasteiger partial charge in [-0.3, -0.25) is 4.68 Å². The zero-order valence-electron chi connectivity index (χ0n) is 9.67. The average Bonchev–Trinajstić information content (AvgIpc) is 2.78. The van der Waals surface area contributed by atoms with Crippen LogP contribution in [0.5, 0.6) is 0 Å². The summed E-state index contributed by atoms with van der Waals surface area (Å²) in [6.45, 7) is 0.178. The quantitative estimate of drug-likeness (QED) is 0.804. The van der Waals surface area contributed by atoms with Gasteiger partial charge in [0.05, 0.1) is 6.54 Å². The lowest BCUT2D eigenvalue weighted by atomic mass is 9.80. The third kappa shape index (κ3) is 3.36. The van der Waals surface area contributed by atoms with Gasteiger partial charge >= 0.3 is 13.3 Å². The number of benzene rings is 1. The molecule has 0 aliphatic heterocycles. The number of halogens is 3. The molecule has 0 aliphatic rings. The van der Waals surface area contributed by atoms with Crippen LogP contribution in [0.2, 0.25) is 0 Å². The lowest BCUT2D eigenvalue weighted by molar-refractivity contribution is -0.141. The van der Waals surface area contributed by atoms with Crippen molar-refractivity contribution in [2.24, 2.45) is 0 Å². The lowest BCUT2D eigenvalue weighted by Gasteiger charge is -2.05. The molecule has 1 aromatic carbocycles. The Morgan fingerprint density at radius 1 is 1.11 bits per heavy atom. The van der Waals surface area contributed by atoms with E-state index < -0.39 is 19.0 Å². The largest absolute Gasteiger partial charge is 0.488 e. The molecule has 19 heavy (non-hydrogen) atoms. The Morgan fingerprint density at radius 2 is 1.74 bits per heavy atom. The minimum atomic E-state index is -4.45. The molecule has 100 valence electrons. The molecule has 0 spiro atoms. The second-order valence-corrected chi connectivity index (χ2v) is 4.01. The maximum absolute atomic E-state index is 12.4. The molecule has 0 bridgehead atoms. The van der Waals surface area contributed by atoms with E-state index in [2.05, 4.69) is 5.10 Å². The normalized spacial score (nSPS) is 11.6.